The van der Waals surface area contributed by atoms with Crippen molar-refractivity contribution in [1.29, 1.82) is 0 Å². The van der Waals surface area contributed by atoms with Crippen molar-refractivity contribution in [3.63, 3.8) is 0 Å². The molecule has 2 heterocycles. The molecule has 0 unspecified atom stereocenters. The Balaban J connectivity index is 1.70. The van der Waals surface area contributed by atoms with Gasteiger partial charge in [0, 0.05) is 36.1 Å². The van der Waals surface area contributed by atoms with Crippen molar-refractivity contribution in [3.8, 4) is 5.75 Å². The molecule has 0 saturated carbocycles. The van der Waals surface area contributed by atoms with E-state index in [9.17, 15) is 9.59 Å². The number of carbonyl (C=O) groups is 2. The van der Waals surface area contributed by atoms with E-state index < -0.39 is 11.9 Å². The number of carbonyl (C=O) groups excluding carboxylic acids is 2. The van der Waals surface area contributed by atoms with Crippen LogP contribution in [0.25, 0.3) is 0 Å². The predicted molar refractivity (Wildman–Crippen MR) is 106 cm³/mol. The third-order valence-corrected chi connectivity index (χ3v) is 5.93. The largest absolute Gasteiger partial charge is 0.495 e. The van der Waals surface area contributed by atoms with Gasteiger partial charge in [0.2, 0.25) is 5.91 Å². The normalized spacial score (nSPS) is 16.2. The highest BCUT2D eigenvalue weighted by atomic mass is 35.5. The van der Waals surface area contributed by atoms with Crippen LogP contribution in [0.1, 0.15) is 26.2 Å². The molecule has 6 nitrogen and oxygen atoms in total. The minimum atomic E-state index is -0.530. The summed E-state index contributed by atoms with van der Waals surface area (Å²) in [4.78, 5) is 30.4. The molecule has 1 aliphatic rings. The monoisotopic (exact) mass is 407 g/mol. The highest BCUT2D eigenvalue weighted by Crippen LogP contribution is 2.31. The molecule has 2 aromatic rings. The molecule has 2 amide bonds. The van der Waals surface area contributed by atoms with E-state index in [1.54, 1.807) is 24.1 Å². The van der Waals surface area contributed by atoms with E-state index in [2.05, 4.69) is 0 Å². The van der Waals surface area contributed by atoms with Crippen molar-refractivity contribution in [2.75, 3.05) is 33.3 Å². The number of primary amides is 1. The molecule has 1 saturated heterocycles. The van der Waals surface area contributed by atoms with Crippen LogP contribution in [0, 0.1) is 6.92 Å². The predicted octanol–water partition coefficient (Wildman–Crippen LogP) is 2.70. The number of methoxy groups -OCH3 is 1. The summed E-state index contributed by atoms with van der Waals surface area (Å²) in [7, 11) is 1.57. The van der Waals surface area contributed by atoms with Gasteiger partial charge in [0.05, 0.1) is 7.11 Å². The van der Waals surface area contributed by atoms with Crippen LogP contribution in [0.15, 0.2) is 30.3 Å². The second-order valence-corrected chi connectivity index (χ2v) is 8.13. The number of hydrogen-bond acceptors (Lipinski definition) is 5. The number of aryl methyl sites for hydroxylation is 1. The van der Waals surface area contributed by atoms with E-state index in [4.69, 9.17) is 22.1 Å². The molecule has 0 radical (unpaired) electrons. The van der Waals surface area contributed by atoms with Crippen molar-refractivity contribution in [3.05, 3.63) is 50.7 Å². The fourth-order valence-electron chi connectivity index (χ4n) is 3.32. The topological polar surface area (TPSA) is 75.9 Å². The maximum Gasteiger partial charge on any atom is 0.267 e. The summed E-state index contributed by atoms with van der Waals surface area (Å²) in [5.74, 6) is 0.167. The van der Waals surface area contributed by atoms with Crippen molar-refractivity contribution in [2.45, 2.75) is 13.0 Å². The van der Waals surface area contributed by atoms with E-state index in [0.29, 0.717) is 41.8 Å². The second kappa shape index (κ2) is 8.29. The molecule has 1 aromatic carbocycles. The van der Waals surface area contributed by atoms with Crippen molar-refractivity contribution < 1.29 is 14.3 Å². The summed E-state index contributed by atoms with van der Waals surface area (Å²) >= 11 is 7.37. The summed E-state index contributed by atoms with van der Waals surface area (Å²) in [6.07, 6.45) is 0. The van der Waals surface area contributed by atoms with E-state index in [1.807, 2.05) is 30.0 Å². The molecule has 2 N–H and O–H groups in total. The molecular weight excluding hydrogens is 386 g/mol. The molecule has 1 fully saturated rings. The first-order chi connectivity index (χ1) is 12.9. The number of benzene rings is 1. The Hall–Kier alpha value is -2.09. The standard InChI is InChI=1S/C19H22ClN3O3S/c1-12-11-15(26-2)17(27-12)19(25)23-9-7-22(8-10-23)16(18(21)24)13-3-5-14(20)6-4-13/h3-6,11,16H,7-10H2,1-2H3,(H2,21,24)/t16-/m1/s1. The molecule has 1 atom stereocenters. The van der Waals surface area contributed by atoms with Crippen LogP contribution in [0.4, 0.5) is 0 Å². The smallest absolute Gasteiger partial charge is 0.267 e. The molecule has 1 aromatic heterocycles. The maximum atomic E-state index is 12.8. The number of amides is 2. The Morgan fingerprint density at radius 3 is 2.37 bits per heavy atom. The molecule has 0 bridgehead atoms. The van der Waals surface area contributed by atoms with Gasteiger partial charge in [-0.05, 0) is 30.7 Å². The van der Waals surface area contributed by atoms with Gasteiger partial charge in [0.1, 0.15) is 16.7 Å². The average Bonchev–Trinajstić information content (AvgIpc) is 3.04. The second-order valence-electron chi connectivity index (χ2n) is 6.44. The van der Waals surface area contributed by atoms with Crippen LogP contribution in [-0.2, 0) is 4.79 Å². The van der Waals surface area contributed by atoms with Crippen LogP contribution in [0.2, 0.25) is 5.02 Å². The van der Waals surface area contributed by atoms with Crippen LogP contribution < -0.4 is 10.5 Å². The highest BCUT2D eigenvalue weighted by molar-refractivity contribution is 7.14. The van der Waals surface area contributed by atoms with E-state index in [-0.39, 0.29) is 5.91 Å². The zero-order chi connectivity index (χ0) is 19.6. The third-order valence-electron chi connectivity index (χ3n) is 4.66. The Kier molecular flexibility index (Phi) is 6.04. The van der Waals surface area contributed by atoms with Gasteiger partial charge < -0.3 is 15.4 Å². The van der Waals surface area contributed by atoms with Crippen molar-refractivity contribution >= 4 is 34.8 Å². The molecule has 0 spiro atoms. The first-order valence-electron chi connectivity index (χ1n) is 8.63. The number of thiophene rings is 1. The van der Waals surface area contributed by atoms with Crippen molar-refractivity contribution in [2.24, 2.45) is 5.73 Å². The van der Waals surface area contributed by atoms with Gasteiger partial charge in [-0.25, -0.2) is 0 Å². The quantitative estimate of drug-likeness (QED) is 0.826. The molecule has 1 aliphatic heterocycles. The van der Waals surface area contributed by atoms with Gasteiger partial charge in [-0.15, -0.1) is 11.3 Å². The summed E-state index contributed by atoms with van der Waals surface area (Å²) < 4.78 is 5.32. The average molecular weight is 408 g/mol. The number of rotatable bonds is 5. The lowest BCUT2D eigenvalue weighted by atomic mass is 10.0. The van der Waals surface area contributed by atoms with Gasteiger partial charge >= 0.3 is 0 Å². The van der Waals surface area contributed by atoms with Crippen LogP contribution in [0.5, 0.6) is 5.75 Å². The van der Waals surface area contributed by atoms with Gasteiger partial charge in [0.15, 0.2) is 0 Å². The van der Waals surface area contributed by atoms with Gasteiger partial charge in [-0.3, -0.25) is 14.5 Å². The molecule has 144 valence electrons. The molecule has 0 aliphatic carbocycles. The van der Waals surface area contributed by atoms with E-state index >= 15 is 0 Å². The zero-order valence-corrected chi connectivity index (χ0v) is 16.8. The van der Waals surface area contributed by atoms with Crippen LogP contribution in [-0.4, -0.2) is 54.9 Å². The summed E-state index contributed by atoms with van der Waals surface area (Å²) in [6.45, 7) is 4.13. The minimum Gasteiger partial charge on any atom is -0.495 e. The number of ether oxygens (including phenoxy) is 1. The van der Waals surface area contributed by atoms with Gasteiger partial charge in [-0.2, -0.15) is 0 Å². The van der Waals surface area contributed by atoms with Gasteiger partial charge in [-0.1, -0.05) is 23.7 Å². The summed E-state index contributed by atoms with van der Waals surface area (Å²) in [5.41, 5.74) is 6.46. The first kappa shape index (κ1) is 19.7. The molecule has 27 heavy (non-hydrogen) atoms. The minimum absolute atomic E-state index is 0.0354. The first-order valence-corrected chi connectivity index (χ1v) is 9.82. The Morgan fingerprint density at radius 2 is 1.81 bits per heavy atom. The number of hydrogen-bond donors (Lipinski definition) is 1. The summed E-state index contributed by atoms with van der Waals surface area (Å²) in [5, 5.41) is 0.609. The lowest BCUT2D eigenvalue weighted by Gasteiger charge is -2.38. The van der Waals surface area contributed by atoms with Crippen molar-refractivity contribution in [1.82, 2.24) is 9.80 Å². The number of piperazine rings is 1. The Bertz CT molecular complexity index is 829. The third kappa shape index (κ3) is 4.26. The van der Waals surface area contributed by atoms with Crippen LogP contribution >= 0.6 is 22.9 Å². The number of nitrogens with two attached hydrogens (primary N) is 1. The Morgan fingerprint density at radius 1 is 1.19 bits per heavy atom. The van der Waals surface area contributed by atoms with E-state index in [1.165, 1.54) is 11.3 Å². The van der Waals surface area contributed by atoms with Crippen LogP contribution in [0.3, 0.4) is 0 Å². The lowest BCUT2D eigenvalue weighted by Crippen LogP contribution is -2.51. The number of nitrogens with zero attached hydrogens (tertiary/aromatic N) is 2. The number of halogens is 1. The fourth-order valence-corrected chi connectivity index (χ4v) is 4.39. The summed E-state index contributed by atoms with van der Waals surface area (Å²) in [6, 6.07) is 8.47. The molecular formula is C19H22ClN3O3S. The van der Waals surface area contributed by atoms with E-state index in [0.717, 1.165) is 10.4 Å². The zero-order valence-electron chi connectivity index (χ0n) is 15.3. The maximum absolute atomic E-state index is 12.8. The lowest BCUT2D eigenvalue weighted by molar-refractivity contribution is -0.124. The van der Waals surface area contributed by atoms with Gasteiger partial charge in [0.25, 0.3) is 5.91 Å². The SMILES string of the molecule is COc1cc(C)sc1C(=O)N1CCN([C@@H](C(N)=O)c2ccc(Cl)cc2)CC1. The molecule has 3 rings (SSSR count). The molecule has 8 heteroatoms. The Labute approximate surface area is 167 Å². The fraction of sp³-hybridized carbons (Fsp3) is 0.368. The highest BCUT2D eigenvalue weighted by Gasteiger charge is 2.31.